The molecule has 96 valence electrons. The highest BCUT2D eigenvalue weighted by Gasteiger charge is 2.18. The Morgan fingerprint density at radius 3 is 2.56 bits per heavy atom. The maximum atomic E-state index is 11.4. The lowest BCUT2D eigenvalue weighted by atomic mass is 10.2. The molecule has 0 bridgehead atoms. The summed E-state index contributed by atoms with van der Waals surface area (Å²) in [7, 11) is -2.19. The van der Waals surface area contributed by atoms with Gasteiger partial charge in [-0.15, -0.1) is 0 Å². The number of nitrogens with one attached hydrogen (secondary N) is 2. The highest BCUT2D eigenvalue weighted by Crippen LogP contribution is 1.99. The summed E-state index contributed by atoms with van der Waals surface area (Å²) in [4.78, 5) is 10.4. The minimum absolute atomic E-state index is 0.148. The first-order valence-electron chi connectivity index (χ1n) is 4.89. The van der Waals surface area contributed by atoms with Crippen LogP contribution in [0.1, 0.15) is 19.8 Å². The van der Waals surface area contributed by atoms with Crippen LogP contribution in [-0.4, -0.2) is 45.8 Å². The Morgan fingerprint density at radius 1 is 1.50 bits per heavy atom. The van der Waals surface area contributed by atoms with E-state index in [-0.39, 0.29) is 19.6 Å². The quantitative estimate of drug-likeness (QED) is 0.472. The molecule has 0 fully saturated rings. The summed E-state index contributed by atoms with van der Waals surface area (Å²) in [5.41, 5.74) is 0. The van der Waals surface area contributed by atoms with Crippen molar-refractivity contribution in [3.63, 3.8) is 0 Å². The van der Waals surface area contributed by atoms with Gasteiger partial charge in [-0.05, 0) is 6.42 Å². The highest BCUT2D eigenvalue weighted by molar-refractivity contribution is 7.87. The van der Waals surface area contributed by atoms with Crippen LogP contribution in [0.2, 0.25) is 0 Å². The van der Waals surface area contributed by atoms with E-state index in [1.165, 1.54) is 7.11 Å². The number of carboxylic acid groups (broad SMARTS) is 1. The predicted octanol–water partition coefficient (Wildman–Crippen LogP) is -0.690. The Morgan fingerprint density at radius 2 is 2.12 bits per heavy atom. The first kappa shape index (κ1) is 15.3. The average molecular weight is 254 g/mol. The van der Waals surface area contributed by atoms with Crippen LogP contribution < -0.4 is 9.44 Å². The van der Waals surface area contributed by atoms with Crippen LogP contribution in [0.25, 0.3) is 0 Å². The SMILES string of the molecule is CCC(CC(=O)O)NS(=O)(=O)NCCOC. The molecule has 0 aliphatic heterocycles. The van der Waals surface area contributed by atoms with E-state index in [2.05, 4.69) is 14.2 Å². The van der Waals surface area contributed by atoms with E-state index in [0.717, 1.165) is 0 Å². The number of rotatable bonds is 9. The van der Waals surface area contributed by atoms with Gasteiger partial charge in [0, 0.05) is 19.7 Å². The number of methoxy groups -OCH3 is 1. The lowest BCUT2D eigenvalue weighted by Crippen LogP contribution is -2.44. The fraction of sp³-hybridized carbons (Fsp3) is 0.875. The first-order valence-corrected chi connectivity index (χ1v) is 6.37. The van der Waals surface area contributed by atoms with Gasteiger partial charge < -0.3 is 9.84 Å². The van der Waals surface area contributed by atoms with Crippen LogP contribution in [-0.2, 0) is 19.7 Å². The van der Waals surface area contributed by atoms with E-state index >= 15 is 0 Å². The Balaban J connectivity index is 4.15. The Labute approximate surface area is 95.4 Å². The minimum Gasteiger partial charge on any atom is -0.481 e. The molecule has 0 aromatic carbocycles. The molecular formula is C8H18N2O5S. The van der Waals surface area contributed by atoms with Gasteiger partial charge in [0.2, 0.25) is 0 Å². The standard InChI is InChI=1S/C8H18N2O5S/c1-3-7(6-8(11)12)10-16(13,14)9-4-5-15-2/h7,9-10H,3-6H2,1-2H3,(H,11,12). The fourth-order valence-electron chi connectivity index (χ4n) is 1.02. The smallest absolute Gasteiger partial charge is 0.304 e. The van der Waals surface area contributed by atoms with Gasteiger partial charge in [-0.1, -0.05) is 6.92 Å². The number of aliphatic carboxylic acids is 1. The predicted molar refractivity (Wildman–Crippen MR) is 58.3 cm³/mol. The topological polar surface area (TPSA) is 105 Å². The summed E-state index contributed by atoms with van der Waals surface area (Å²) in [5, 5.41) is 8.55. The average Bonchev–Trinajstić information content (AvgIpc) is 2.15. The molecule has 8 heteroatoms. The third kappa shape index (κ3) is 7.57. The van der Waals surface area contributed by atoms with E-state index in [1.807, 2.05) is 0 Å². The van der Waals surface area contributed by atoms with Gasteiger partial charge in [0.05, 0.1) is 13.0 Å². The van der Waals surface area contributed by atoms with Crippen LogP contribution in [0.4, 0.5) is 0 Å². The normalized spacial score (nSPS) is 13.6. The molecule has 0 aliphatic rings. The molecule has 0 rings (SSSR count). The van der Waals surface area contributed by atoms with Gasteiger partial charge in [0.1, 0.15) is 0 Å². The zero-order chi connectivity index (χ0) is 12.6. The van der Waals surface area contributed by atoms with E-state index in [9.17, 15) is 13.2 Å². The molecule has 0 aromatic rings. The first-order chi connectivity index (χ1) is 7.41. The van der Waals surface area contributed by atoms with Crippen molar-refractivity contribution in [1.82, 2.24) is 9.44 Å². The lowest BCUT2D eigenvalue weighted by molar-refractivity contribution is -0.137. The number of hydrogen-bond donors (Lipinski definition) is 3. The fourth-order valence-corrected chi connectivity index (χ4v) is 2.14. The molecule has 0 spiro atoms. The number of ether oxygens (including phenoxy) is 1. The van der Waals surface area contributed by atoms with Crippen molar-refractivity contribution in [2.75, 3.05) is 20.3 Å². The summed E-state index contributed by atoms with van der Waals surface area (Å²) in [5.74, 6) is -1.04. The Bertz CT molecular complexity index is 304. The van der Waals surface area contributed by atoms with Crippen molar-refractivity contribution < 1.29 is 23.1 Å². The zero-order valence-electron chi connectivity index (χ0n) is 9.39. The molecule has 16 heavy (non-hydrogen) atoms. The third-order valence-corrected chi connectivity index (χ3v) is 3.06. The largest absolute Gasteiger partial charge is 0.481 e. The summed E-state index contributed by atoms with van der Waals surface area (Å²) >= 11 is 0. The van der Waals surface area contributed by atoms with E-state index in [0.29, 0.717) is 6.42 Å². The van der Waals surface area contributed by atoms with Gasteiger partial charge in [0.15, 0.2) is 0 Å². The molecule has 1 unspecified atom stereocenters. The molecule has 0 aliphatic carbocycles. The van der Waals surface area contributed by atoms with Crippen molar-refractivity contribution >= 4 is 16.2 Å². The molecule has 0 saturated carbocycles. The monoisotopic (exact) mass is 254 g/mol. The molecule has 0 heterocycles. The maximum absolute atomic E-state index is 11.4. The highest BCUT2D eigenvalue weighted by atomic mass is 32.2. The van der Waals surface area contributed by atoms with Gasteiger partial charge in [-0.2, -0.15) is 17.9 Å². The summed E-state index contributed by atoms with van der Waals surface area (Å²) in [6, 6.07) is -0.599. The molecule has 0 aromatic heterocycles. The molecular weight excluding hydrogens is 236 g/mol. The van der Waals surface area contributed by atoms with Gasteiger partial charge in [-0.25, -0.2) is 0 Å². The van der Waals surface area contributed by atoms with Gasteiger partial charge in [0.25, 0.3) is 10.2 Å². The van der Waals surface area contributed by atoms with Crippen molar-refractivity contribution in [3.05, 3.63) is 0 Å². The Kier molecular flexibility index (Phi) is 7.22. The number of hydrogen-bond acceptors (Lipinski definition) is 4. The molecule has 0 amide bonds. The Hall–Kier alpha value is -0.700. The van der Waals surface area contributed by atoms with E-state index in [4.69, 9.17) is 5.11 Å². The van der Waals surface area contributed by atoms with E-state index in [1.54, 1.807) is 6.92 Å². The number of carboxylic acids is 1. The van der Waals surface area contributed by atoms with Crippen molar-refractivity contribution in [2.45, 2.75) is 25.8 Å². The third-order valence-electron chi connectivity index (χ3n) is 1.83. The molecule has 3 N–H and O–H groups in total. The molecule has 1 atom stereocenters. The zero-order valence-corrected chi connectivity index (χ0v) is 10.2. The van der Waals surface area contributed by atoms with Crippen molar-refractivity contribution in [1.29, 1.82) is 0 Å². The second kappa shape index (κ2) is 7.55. The summed E-state index contributed by atoms with van der Waals surface area (Å²) < 4.78 is 32.0. The van der Waals surface area contributed by atoms with Crippen LogP contribution in [0.3, 0.4) is 0 Å². The number of carbonyl (C=O) groups is 1. The molecule has 7 nitrogen and oxygen atoms in total. The van der Waals surface area contributed by atoms with E-state index < -0.39 is 22.2 Å². The molecule has 0 saturated heterocycles. The second-order valence-corrected chi connectivity index (χ2v) is 4.74. The lowest BCUT2D eigenvalue weighted by Gasteiger charge is -2.15. The minimum atomic E-state index is -3.65. The van der Waals surface area contributed by atoms with Crippen molar-refractivity contribution in [2.24, 2.45) is 0 Å². The summed E-state index contributed by atoms with van der Waals surface area (Å²) in [6.07, 6.45) is 0.180. The maximum Gasteiger partial charge on any atom is 0.304 e. The second-order valence-electron chi connectivity index (χ2n) is 3.21. The van der Waals surface area contributed by atoms with Crippen LogP contribution in [0, 0.1) is 0 Å². The van der Waals surface area contributed by atoms with Crippen LogP contribution >= 0.6 is 0 Å². The van der Waals surface area contributed by atoms with Gasteiger partial charge in [-0.3, -0.25) is 4.79 Å². The summed E-state index contributed by atoms with van der Waals surface area (Å²) in [6.45, 7) is 2.12. The van der Waals surface area contributed by atoms with Gasteiger partial charge >= 0.3 is 5.97 Å². The van der Waals surface area contributed by atoms with Crippen LogP contribution in [0.15, 0.2) is 0 Å². The van der Waals surface area contributed by atoms with Crippen LogP contribution in [0.5, 0.6) is 0 Å². The molecule has 0 radical (unpaired) electrons. The van der Waals surface area contributed by atoms with Crippen molar-refractivity contribution in [3.8, 4) is 0 Å².